The SMILES string of the molecule is c1ccc2nc(CNC3CCN4CCCC34)cnc2c1. The molecule has 0 radical (unpaired) electrons. The van der Waals surface area contributed by atoms with Crippen LogP contribution in [0.2, 0.25) is 0 Å². The van der Waals surface area contributed by atoms with Crippen molar-refractivity contribution in [3.8, 4) is 0 Å². The third-order valence-corrected chi connectivity index (χ3v) is 4.65. The Balaban J connectivity index is 1.45. The van der Waals surface area contributed by atoms with Crippen LogP contribution in [0.4, 0.5) is 0 Å². The quantitative estimate of drug-likeness (QED) is 0.924. The van der Waals surface area contributed by atoms with Crippen LogP contribution in [-0.4, -0.2) is 40.0 Å². The second-order valence-corrected chi connectivity index (χ2v) is 5.87. The molecular weight excluding hydrogens is 248 g/mol. The highest BCUT2D eigenvalue weighted by Crippen LogP contribution is 2.28. The first kappa shape index (κ1) is 12.2. The minimum Gasteiger partial charge on any atom is -0.307 e. The third kappa shape index (κ3) is 2.19. The molecule has 2 aliphatic heterocycles. The smallest absolute Gasteiger partial charge is 0.0890 e. The maximum atomic E-state index is 4.68. The van der Waals surface area contributed by atoms with Gasteiger partial charge in [0, 0.05) is 25.2 Å². The highest BCUT2D eigenvalue weighted by Gasteiger charge is 2.36. The molecule has 0 amide bonds. The first-order valence-electron chi connectivity index (χ1n) is 7.58. The Bertz CT molecular complexity index is 612. The van der Waals surface area contributed by atoms with Gasteiger partial charge in [0.15, 0.2) is 0 Å². The van der Waals surface area contributed by atoms with Gasteiger partial charge in [-0.3, -0.25) is 9.88 Å². The molecule has 0 saturated carbocycles. The fraction of sp³-hybridized carbons (Fsp3) is 0.500. The molecule has 4 rings (SSSR count). The van der Waals surface area contributed by atoms with Gasteiger partial charge in [0.25, 0.3) is 0 Å². The molecule has 2 aliphatic rings. The molecule has 1 aromatic carbocycles. The van der Waals surface area contributed by atoms with Crippen molar-refractivity contribution in [2.24, 2.45) is 0 Å². The number of nitrogens with one attached hydrogen (secondary N) is 1. The summed E-state index contributed by atoms with van der Waals surface area (Å²) in [5.74, 6) is 0. The van der Waals surface area contributed by atoms with Crippen LogP contribution < -0.4 is 5.32 Å². The molecule has 2 aromatic rings. The maximum absolute atomic E-state index is 4.68. The van der Waals surface area contributed by atoms with E-state index in [9.17, 15) is 0 Å². The van der Waals surface area contributed by atoms with Crippen LogP contribution in [0, 0.1) is 0 Å². The highest BCUT2D eigenvalue weighted by molar-refractivity contribution is 5.73. The number of para-hydroxylation sites is 2. The molecule has 4 nitrogen and oxygen atoms in total. The van der Waals surface area contributed by atoms with Gasteiger partial charge in [-0.05, 0) is 37.9 Å². The Labute approximate surface area is 119 Å². The van der Waals surface area contributed by atoms with Gasteiger partial charge in [0.1, 0.15) is 0 Å². The van der Waals surface area contributed by atoms with Crippen molar-refractivity contribution in [1.29, 1.82) is 0 Å². The monoisotopic (exact) mass is 268 g/mol. The molecule has 4 heteroatoms. The summed E-state index contributed by atoms with van der Waals surface area (Å²) in [7, 11) is 0. The summed E-state index contributed by atoms with van der Waals surface area (Å²) in [4.78, 5) is 11.8. The minimum atomic E-state index is 0.630. The number of hydrogen-bond donors (Lipinski definition) is 1. The summed E-state index contributed by atoms with van der Waals surface area (Å²) < 4.78 is 0. The Morgan fingerprint density at radius 3 is 3.00 bits per heavy atom. The highest BCUT2D eigenvalue weighted by atomic mass is 15.2. The van der Waals surface area contributed by atoms with Crippen LogP contribution >= 0.6 is 0 Å². The maximum Gasteiger partial charge on any atom is 0.0890 e. The lowest BCUT2D eigenvalue weighted by molar-refractivity contribution is 0.298. The zero-order chi connectivity index (χ0) is 13.4. The van der Waals surface area contributed by atoms with Crippen LogP contribution in [0.15, 0.2) is 30.5 Å². The molecule has 20 heavy (non-hydrogen) atoms. The number of nitrogens with zero attached hydrogens (tertiary/aromatic N) is 3. The Morgan fingerprint density at radius 2 is 2.05 bits per heavy atom. The van der Waals surface area contributed by atoms with Gasteiger partial charge in [-0.1, -0.05) is 12.1 Å². The van der Waals surface area contributed by atoms with Crippen molar-refractivity contribution < 1.29 is 0 Å². The van der Waals surface area contributed by atoms with Crippen molar-refractivity contribution in [1.82, 2.24) is 20.2 Å². The molecule has 0 spiro atoms. The zero-order valence-corrected chi connectivity index (χ0v) is 11.6. The second-order valence-electron chi connectivity index (χ2n) is 5.87. The fourth-order valence-corrected chi connectivity index (χ4v) is 3.64. The molecular formula is C16H20N4. The number of fused-ring (bicyclic) bond motifs is 2. The summed E-state index contributed by atoms with van der Waals surface area (Å²) in [5, 5.41) is 3.69. The van der Waals surface area contributed by atoms with E-state index < -0.39 is 0 Å². The van der Waals surface area contributed by atoms with Gasteiger partial charge in [0.2, 0.25) is 0 Å². The van der Waals surface area contributed by atoms with Gasteiger partial charge < -0.3 is 5.32 Å². The Kier molecular flexibility index (Phi) is 3.13. The van der Waals surface area contributed by atoms with E-state index in [0.717, 1.165) is 29.3 Å². The first-order valence-corrected chi connectivity index (χ1v) is 7.58. The largest absolute Gasteiger partial charge is 0.307 e. The Hall–Kier alpha value is -1.52. The van der Waals surface area contributed by atoms with E-state index in [1.54, 1.807) is 0 Å². The van der Waals surface area contributed by atoms with E-state index in [0.29, 0.717) is 6.04 Å². The van der Waals surface area contributed by atoms with E-state index in [1.807, 2.05) is 30.5 Å². The second kappa shape index (κ2) is 5.11. The summed E-state index contributed by atoms with van der Waals surface area (Å²) in [6, 6.07) is 9.44. The van der Waals surface area contributed by atoms with Crippen molar-refractivity contribution in [3.63, 3.8) is 0 Å². The van der Waals surface area contributed by atoms with Crippen LogP contribution in [0.1, 0.15) is 25.0 Å². The molecule has 3 heterocycles. The third-order valence-electron chi connectivity index (χ3n) is 4.65. The molecule has 1 N–H and O–H groups in total. The van der Waals surface area contributed by atoms with E-state index in [2.05, 4.69) is 20.2 Å². The lowest BCUT2D eigenvalue weighted by Crippen LogP contribution is -2.38. The molecule has 2 saturated heterocycles. The molecule has 2 atom stereocenters. The standard InChI is InChI=1S/C16H20N4/c1-2-5-14-13(4-1)17-10-12(19-14)11-18-15-7-9-20-8-3-6-16(15)20/h1-2,4-5,10,15-16,18H,3,6-9,11H2. The van der Waals surface area contributed by atoms with Crippen molar-refractivity contribution in [3.05, 3.63) is 36.2 Å². The topological polar surface area (TPSA) is 41.1 Å². The molecule has 0 aliphatic carbocycles. The number of aromatic nitrogens is 2. The average molecular weight is 268 g/mol. The van der Waals surface area contributed by atoms with E-state index >= 15 is 0 Å². The summed E-state index contributed by atoms with van der Waals surface area (Å²) in [6.45, 7) is 3.37. The van der Waals surface area contributed by atoms with Gasteiger partial charge in [0.05, 0.1) is 22.9 Å². The molecule has 1 aromatic heterocycles. The van der Waals surface area contributed by atoms with Crippen LogP contribution in [0.3, 0.4) is 0 Å². The zero-order valence-electron chi connectivity index (χ0n) is 11.6. The van der Waals surface area contributed by atoms with Gasteiger partial charge in [-0.15, -0.1) is 0 Å². The normalized spacial score (nSPS) is 26.2. The molecule has 0 bridgehead atoms. The lowest BCUT2D eigenvalue weighted by Gasteiger charge is -2.21. The number of rotatable bonds is 3. The fourth-order valence-electron chi connectivity index (χ4n) is 3.64. The number of benzene rings is 1. The van der Waals surface area contributed by atoms with Gasteiger partial charge >= 0.3 is 0 Å². The van der Waals surface area contributed by atoms with Crippen molar-refractivity contribution in [2.45, 2.75) is 37.9 Å². The van der Waals surface area contributed by atoms with Crippen molar-refractivity contribution >= 4 is 11.0 Å². The van der Waals surface area contributed by atoms with Crippen LogP contribution in [0.25, 0.3) is 11.0 Å². The molecule has 2 unspecified atom stereocenters. The lowest BCUT2D eigenvalue weighted by atomic mass is 10.1. The molecule has 2 fully saturated rings. The average Bonchev–Trinajstić information content (AvgIpc) is 3.08. The summed E-state index contributed by atoms with van der Waals surface area (Å²) in [6.07, 6.45) is 5.88. The minimum absolute atomic E-state index is 0.630. The summed E-state index contributed by atoms with van der Waals surface area (Å²) in [5.41, 5.74) is 3.00. The van der Waals surface area contributed by atoms with Crippen LogP contribution in [-0.2, 0) is 6.54 Å². The predicted octanol–water partition coefficient (Wildman–Crippen LogP) is 1.96. The van der Waals surface area contributed by atoms with Crippen LogP contribution in [0.5, 0.6) is 0 Å². The number of hydrogen-bond acceptors (Lipinski definition) is 4. The summed E-state index contributed by atoms with van der Waals surface area (Å²) >= 11 is 0. The van der Waals surface area contributed by atoms with Gasteiger partial charge in [-0.2, -0.15) is 0 Å². The molecule has 104 valence electrons. The van der Waals surface area contributed by atoms with E-state index in [4.69, 9.17) is 0 Å². The van der Waals surface area contributed by atoms with Crippen molar-refractivity contribution in [2.75, 3.05) is 13.1 Å². The Morgan fingerprint density at radius 1 is 1.15 bits per heavy atom. The van der Waals surface area contributed by atoms with E-state index in [-0.39, 0.29) is 0 Å². The predicted molar refractivity (Wildman–Crippen MR) is 79.4 cm³/mol. The first-order chi connectivity index (χ1) is 9.90. The van der Waals surface area contributed by atoms with E-state index in [1.165, 1.54) is 32.4 Å². The van der Waals surface area contributed by atoms with Gasteiger partial charge in [-0.25, -0.2) is 4.98 Å².